The minimum Gasteiger partial charge on any atom is -0.322 e. The van der Waals surface area contributed by atoms with E-state index in [1.54, 1.807) is 11.9 Å². The second-order valence-electron chi connectivity index (χ2n) is 8.45. The average molecular weight is 478 g/mol. The van der Waals surface area contributed by atoms with E-state index in [0.29, 0.717) is 17.7 Å². The number of amides is 2. The van der Waals surface area contributed by atoms with Crippen molar-refractivity contribution in [3.8, 4) is 11.1 Å². The topological polar surface area (TPSA) is 52.7 Å². The number of benzene rings is 3. The average Bonchev–Trinajstić information content (AvgIpc) is 2.85. The lowest BCUT2D eigenvalue weighted by Gasteiger charge is -2.26. The molecule has 0 saturated heterocycles. The standard InChI is InChI=1S/C28H31N3O2.ClH/c1-4-31(5-2)19-23-17-22(12-15-25(23)20-9-7-6-8-10-20)28(33)29-24-14-11-21-13-16-27(32)30(3)26(21)18-24;/h6-12,14-15,17-18H,4-5,13,16,19H2,1-3H3,(H,29,33);1H. The Labute approximate surface area is 208 Å². The summed E-state index contributed by atoms with van der Waals surface area (Å²) in [6, 6.07) is 22.0. The fourth-order valence-electron chi connectivity index (χ4n) is 4.37. The van der Waals surface area contributed by atoms with Crippen LogP contribution in [0.25, 0.3) is 11.1 Å². The molecular weight excluding hydrogens is 446 g/mol. The molecule has 4 rings (SSSR count). The number of rotatable bonds is 7. The second-order valence-corrected chi connectivity index (χ2v) is 8.45. The van der Waals surface area contributed by atoms with Crippen molar-refractivity contribution in [2.24, 2.45) is 0 Å². The van der Waals surface area contributed by atoms with E-state index in [2.05, 4.69) is 36.2 Å². The SMILES string of the molecule is CCN(CC)Cc1cc(C(=O)Nc2ccc3c(c2)N(C)C(=O)CC3)ccc1-c1ccccc1.Cl. The number of anilines is 2. The third kappa shape index (κ3) is 5.49. The van der Waals surface area contributed by atoms with E-state index in [1.807, 2.05) is 54.6 Å². The molecule has 0 unspecified atom stereocenters. The van der Waals surface area contributed by atoms with E-state index < -0.39 is 0 Å². The van der Waals surface area contributed by atoms with Gasteiger partial charge in [-0.05, 0) is 66.0 Å². The van der Waals surface area contributed by atoms with Gasteiger partial charge in [0.1, 0.15) is 0 Å². The van der Waals surface area contributed by atoms with Gasteiger partial charge in [-0.2, -0.15) is 0 Å². The van der Waals surface area contributed by atoms with Gasteiger partial charge >= 0.3 is 0 Å². The summed E-state index contributed by atoms with van der Waals surface area (Å²) in [7, 11) is 1.79. The number of hydrogen-bond donors (Lipinski definition) is 1. The van der Waals surface area contributed by atoms with Gasteiger partial charge in [0, 0.05) is 37.0 Å². The highest BCUT2D eigenvalue weighted by Gasteiger charge is 2.21. The third-order valence-corrected chi connectivity index (χ3v) is 6.43. The van der Waals surface area contributed by atoms with E-state index in [9.17, 15) is 9.59 Å². The zero-order valence-electron chi connectivity index (χ0n) is 20.0. The molecule has 1 N–H and O–H groups in total. The van der Waals surface area contributed by atoms with Gasteiger partial charge in [-0.1, -0.05) is 56.3 Å². The molecule has 3 aromatic rings. The number of nitrogens with one attached hydrogen (secondary N) is 1. The van der Waals surface area contributed by atoms with E-state index in [0.717, 1.165) is 54.0 Å². The fraction of sp³-hybridized carbons (Fsp3) is 0.286. The van der Waals surface area contributed by atoms with Crippen LogP contribution < -0.4 is 10.2 Å². The van der Waals surface area contributed by atoms with Crippen molar-refractivity contribution in [1.29, 1.82) is 0 Å². The first-order valence-electron chi connectivity index (χ1n) is 11.6. The van der Waals surface area contributed by atoms with Crippen molar-refractivity contribution in [2.75, 3.05) is 30.4 Å². The minimum absolute atomic E-state index is 0. The Hall–Kier alpha value is -3.15. The molecular formula is C28H32ClN3O2. The number of aryl methyl sites for hydroxylation is 1. The number of carbonyl (C=O) groups excluding carboxylic acids is 2. The van der Waals surface area contributed by atoms with Crippen LogP contribution >= 0.6 is 12.4 Å². The van der Waals surface area contributed by atoms with Gasteiger partial charge in [-0.3, -0.25) is 14.5 Å². The summed E-state index contributed by atoms with van der Waals surface area (Å²) in [6.45, 7) is 6.98. The Morgan fingerprint density at radius 1 is 0.971 bits per heavy atom. The Kier molecular flexibility index (Phi) is 8.48. The van der Waals surface area contributed by atoms with Crippen LogP contribution in [0.4, 0.5) is 11.4 Å². The summed E-state index contributed by atoms with van der Waals surface area (Å²) in [5.41, 5.74) is 6.74. The van der Waals surface area contributed by atoms with Crippen LogP contribution in [-0.4, -0.2) is 36.9 Å². The van der Waals surface area contributed by atoms with Crippen LogP contribution in [0.15, 0.2) is 66.7 Å². The monoisotopic (exact) mass is 477 g/mol. The molecule has 0 spiro atoms. The van der Waals surface area contributed by atoms with Crippen molar-refractivity contribution in [2.45, 2.75) is 33.2 Å². The lowest BCUT2D eigenvalue weighted by molar-refractivity contribution is -0.118. The molecule has 34 heavy (non-hydrogen) atoms. The highest BCUT2D eigenvalue weighted by atomic mass is 35.5. The lowest BCUT2D eigenvalue weighted by atomic mass is 9.96. The number of hydrogen-bond acceptors (Lipinski definition) is 3. The van der Waals surface area contributed by atoms with Crippen LogP contribution in [0.5, 0.6) is 0 Å². The molecule has 0 radical (unpaired) electrons. The summed E-state index contributed by atoms with van der Waals surface area (Å²) in [5.74, 6) is -0.0522. The highest BCUT2D eigenvalue weighted by Crippen LogP contribution is 2.30. The Morgan fingerprint density at radius 3 is 2.41 bits per heavy atom. The second kappa shape index (κ2) is 11.3. The predicted octanol–water partition coefficient (Wildman–Crippen LogP) is 5.78. The Balaban J connectivity index is 0.00000324. The minimum atomic E-state index is -0.153. The van der Waals surface area contributed by atoms with E-state index in [4.69, 9.17) is 0 Å². The van der Waals surface area contributed by atoms with Crippen LogP contribution in [0.3, 0.4) is 0 Å². The predicted molar refractivity (Wildman–Crippen MR) is 142 cm³/mol. The molecule has 5 nitrogen and oxygen atoms in total. The normalized spacial score (nSPS) is 12.8. The number of fused-ring (bicyclic) bond motifs is 1. The molecule has 0 fully saturated rings. The maximum Gasteiger partial charge on any atom is 0.255 e. The van der Waals surface area contributed by atoms with Crippen LogP contribution in [0.1, 0.15) is 41.8 Å². The van der Waals surface area contributed by atoms with E-state index in [-0.39, 0.29) is 24.2 Å². The van der Waals surface area contributed by atoms with E-state index >= 15 is 0 Å². The van der Waals surface area contributed by atoms with Gasteiger partial charge in [0.15, 0.2) is 0 Å². The highest BCUT2D eigenvalue weighted by molar-refractivity contribution is 6.05. The molecule has 1 aliphatic rings. The van der Waals surface area contributed by atoms with Crippen LogP contribution in [0, 0.1) is 0 Å². The molecule has 0 saturated carbocycles. The summed E-state index contributed by atoms with van der Waals surface area (Å²) >= 11 is 0. The van der Waals surface area contributed by atoms with Gasteiger partial charge in [0.25, 0.3) is 5.91 Å². The largest absolute Gasteiger partial charge is 0.322 e. The maximum atomic E-state index is 13.1. The van der Waals surface area contributed by atoms with Gasteiger partial charge < -0.3 is 10.2 Å². The first-order chi connectivity index (χ1) is 16.0. The Morgan fingerprint density at radius 2 is 1.71 bits per heavy atom. The van der Waals surface area contributed by atoms with Gasteiger partial charge in [-0.15, -0.1) is 12.4 Å². The molecule has 0 atom stereocenters. The van der Waals surface area contributed by atoms with Crippen molar-refractivity contribution in [1.82, 2.24) is 4.90 Å². The van der Waals surface area contributed by atoms with E-state index in [1.165, 1.54) is 0 Å². The van der Waals surface area contributed by atoms with Gasteiger partial charge in [-0.25, -0.2) is 0 Å². The molecule has 0 bridgehead atoms. The van der Waals surface area contributed by atoms with Crippen molar-refractivity contribution < 1.29 is 9.59 Å². The number of halogens is 1. The van der Waals surface area contributed by atoms with Crippen LogP contribution in [-0.2, 0) is 17.8 Å². The maximum absolute atomic E-state index is 13.1. The van der Waals surface area contributed by atoms with Gasteiger partial charge in [0.2, 0.25) is 5.91 Å². The summed E-state index contributed by atoms with van der Waals surface area (Å²) in [4.78, 5) is 29.2. The van der Waals surface area contributed by atoms with Crippen molar-refractivity contribution in [3.05, 3.63) is 83.4 Å². The Bertz CT molecular complexity index is 1160. The molecule has 0 aliphatic carbocycles. The quantitative estimate of drug-likeness (QED) is 0.469. The molecule has 178 valence electrons. The molecule has 6 heteroatoms. The summed E-state index contributed by atoms with van der Waals surface area (Å²) < 4.78 is 0. The molecule has 1 aliphatic heterocycles. The molecule has 1 heterocycles. The number of nitrogens with zero attached hydrogens (tertiary/aromatic N) is 2. The molecule has 3 aromatic carbocycles. The first-order valence-corrected chi connectivity index (χ1v) is 11.6. The van der Waals surface area contributed by atoms with Crippen LogP contribution in [0.2, 0.25) is 0 Å². The smallest absolute Gasteiger partial charge is 0.255 e. The molecule has 0 aromatic heterocycles. The van der Waals surface area contributed by atoms with Gasteiger partial charge in [0.05, 0.1) is 0 Å². The first kappa shape index (κ1) is 25.5. The molecule has 2 amide bonds. The zero-order valence-corrected chi connectivity index (χ0v) is 20.8. The zero-order chi connectivity index (χ0) is 23.4. The third-order valence-electron chi connectivity index (χ3n) is 6.43. The van der Waals surface area contributed by atoms with Crippen molar-refractivity contribution >= 4 is 35.6 Å². The summed E-state index contributed by atoms with van der Waals surface area (Å²) in [6.07, 6.45) is 1.26. The van der Waals surface area contributed by atoms with Crippen molar-refractivity contribution in [3.63, 3.8) is 0 Å². The number of carbonyl (C=O) groups is 2. The summed E-state index contributed by atoms with van der Waals surface area (Å²) in [5, 5.41) is 3.02. The lowest BCUT2D eigenvalue weighted by Crippen LogP contribution is -2.31. The fourth-order valence-corrected chi connectivity index (χ4v) is 4.37.